The number of hydrogen-bond acceptors (Lipinski definition) is 5. The third kappa shape index (κ3) is 6.80. The van der Waals surface area contributed by atoms with Crippen molar-refractivity contribution in [2.75, 3.05) is 63.9 Å². The fourth-order valence-corrected chi connectivity index (χ4v) is 2.92. The number of hydrogen-bond donors (Lipinski definition) is 2. The lowest BCUT2D eigenvalue weighted by Crippen LogP contribution is -2.46. The molecule has 0 atom stereocenters. The highest BCUT2D eigenvalue weighted by Gasteiger charge is 2.16. The van der Waals surface area contributed by atoms with Crippen molar-refractivity contribution in [2.24, 2.45) is 4.99 Å². The molecule has 7 heteroatoms. The van der Waals surface area contributed by atoms with E-state index in [0.29, 0.717) is 13.2 Å². The number of rotatable bonds is 9. The Bertz CT molecular complexity index is 543. The van der Waals surface area contributed by atoms with E-state index in [1.165, 1.54) is 5.56 Å². The first-order valence-corrected chi connectivity index (χ1v) is 9.79. The van der Waals surface area contributed by atoms with Gasteiger partial charge in [0.2, 0.25) is 0 Å². The van der Waals surface area contributed by atoms with Crippen LogP contribution in [0.1, 0.15) is 26.3 Å². The van der Waals surface area contributed by atoms with Crippen molar-refractivity contribution in [3.8, 4) is 0 Å². The minimum atomic E-state index is 0.633. The molecule has 1 aliphatic heterocycles. The number of nitrogens with one attached hydrogen (secondary N) is 2. The number of aliphatic imine (C=N–C) groups is 1. The number of pyridine rings is 1. The van der Waals surface area contributed by atoms with Gasteiger partial charge in [0, 0.05) is 52.1 Å². The van der Waals surface area contributed by atoms with Gasteiger partial charge in [-0.1, -0.05) is 6.92 Å². The van der Waals surface area contributed by atoms with Gasteiger partial charge in [0.1, 0.15) is 5.82 Å². The van der Waals surface area contributed by atoms with Gasteiger partial charge in [0.05, 0.1) is 13.2 Å². The molecular weight excluding hydrogens is 328 g/mol. The molecule has 146 valence electrons. The average Bonchev–Trinajstić information content (AvgIpc) is 2.69. The van der Waals surface area contributed by atoms with Gasteiger partial charge < -0.3 is 25.2 Å². The van der Waals surface area contributed by atoms with E-state index in [1.54, 1.807) is 0 Å². The van der Waals surface area contributed by atoms with Crippen LogP contribution < -0.4 is 15.5 Å². The van der Waals surface area contributed by atoms with E-state index in [2.05, 4.69) is 50.3 Å². The van der Waals surface area contributed by atoms with Gasteiger partial charge in [-0.3, -0.25) is 0 Å². The smallest absolute Gasteiger partial charge is 0.191 e. The fourth-order valence-electron chi connectivity index (χ4n) is 2.92. The summed E-state index contributed by atoms with van der Waals surface area (Å²) in [5.41, 5.74) is 1.18. The molecule has 1 saturated heterocycles. The molecule has 0 radical (unpaired) electrons. The third-order valence-electron chi connectivity index (χ3n) is 4.46. The number of guanidine groups is 1. The van der Waals surface area contributed by atoms with E-state index >= 15 is 0 Å². The molecule has 0 saturated carbocycles. The van der Waals surface area contributed by atoms with Crippen LogP contribution >= 0.6 is 0 Å². The van der Waals surface area contributed by atoms with Crippen LogP contribution in [0.3, 0.4) is 0 Å². The number of piperazine rings is 1. The number of anilines is 1. The number of aromatic nitrogens is 1. The zero-order chi connectivity index (χ0) is 18.6. The maximum atomic E-state index is 5.36. The number of likely N-dealkylation sites (N-methyl/N-ethyl adjacent to an activating group) is 1. The predicted molar refractivity (Wildman–Crippen MR) is 108 cm³/mol. The normalized spacial score (nSPS) is 16.0. The minimum absolute atomic E-state index is 0.633. The molecule has 0 bridgehead atoms. The molecule has 0 aromatic carbocycles. The Balaban J connectivity index is 1.91. The molecule has 1 aromatic heterocycles. The lowest BCUT2D eigenvalue weighted by molar-refractivity contribution is 0.152. The number of nitrogens with zero attached hydrogens (tertiary/aromatic N) is 4. The van der Waals surface area contributed by atoms with E-state index in [4.69, 9.17) is 4.74 Å². The molecule has 1 fully saturated rings. The molecule has 0 amide bonds. The second kappa shape index (κ2) is 11.7. The summed E-state index contributed by atoms with van der Waals surface area (Å²) < 4.78 is 5.36. The van der Waals surface area contributed by atoms with E-state index in [1.807, 2.05) is 19.2 Å². The van der Waals surface area contributed by atoms with E-state index in [-0.39, 0.29) is 0 Å². The van der Waals surface area contributed by atoms with Crippen LogP contribution in [-0.2, 0) is 11.3 Å². The molecule has 2 rings (SSSR count). The van der Waals surface area contributed by atoms with Crippen LogP contribution in [0.15, 0.2) is 23.3 Å². The molecule has 2 heterocycles. The Labute approximate surface area is 157 Å². The van der Waals surface area contributed by atoms with Crippen molar-refractivity contribution in [3.05, 3.63) is 23.9 Å². The van der Waals surface area contributed by atoms with Gasteiger partial charge in [0.25, 0.3) is 0 Å². The van der Waals surface area contributed by atoms with E-state index in [0.717, 1.165) is 64.2 Å². The minimum Gasteiger partial charge on any atom is -0.380 e. The highest BCUT2D eigenvalue weighted by molar-refractivity contribution is 5.79. The van der Waals surface area contributed by atoms with Crippen molar-refractivity contribution >= 4 is 11.8 Å². The van der Waals surface area contributed by atoms with Crippen LogP contribution in [-0.4, -0.2) is 74.9 Å². The largest absolute Gasteiger partial charge is 0.380 e. The lowest BCUT2D eigenvalue weighted by Gasteiger charge is -2.34. The molecule has 26 heavy (non-hydrogen) atoms. The first-order valence-electron chi connectivity index (χ1n) is 9.79. The monoisotopic (exact) mass is 362 g/mol. The summed E-state index contributed by atoms with van der Waals surface area (Å²) >= 11 is 0. The molecule has 1 aliphatic rings. The van der Waals surface area contributed by atoms with Gasteiger partial charge in [-0.25, -0.2) is 9.98 Å². The van der Waals surface area contributed by atoms with Crippen LogP contribution in [0.25, 0.3) is 0 Å². The van der Waals surface area contributed by atoms with Crippen molar-refractivity contribution in [3.63, 3.8) is 0 Å². The second-order valence-electron chi connectivity index (χ2n) is 6.26. The molecular formula is C19H34N6O. The molecule has 7 nitrogen and oxygen atoms in total. The first-order chi connectivity index (χ1) is 12.8. The highest BCUT2D eigenvalue weighted by Crippen LogP contribution is 2.15. The fraction of sp³-hybridized carbons (Fsp3) is 0.684. The standard InChI is InChI=1S/C19H34N6O/c1-4-20-19(22-9-14-26-6-3)23-16-17-7-8-21-18(15-17)25-12-10-24(5-2)11-13-25/h7-8,15H,4-6,9-14,16H2,1-3H3,(H2,20,22,23). The summed E-state index contributed by atoms with van der Waals surface area (Å²) in [5.74, 6) is 1.88. The summed E-state index contributed by atoms with van der Waals surface area (Å²) in [7, 11) is 0. The van der Waals surface area contributed by atoms with Crippen molar-refractivity contribution in [2.45, 2.75) is 27.3 Å². The number of ether oxygens (including phenoxy) is 1. The average molecular weight is 363 g/mol. The molecule has 0 spiro atoms. The Morgan fingerprint density at radius 1 is 1.19 bits per heavy atom. The Morgan fingerprint density at radius 2 is 2.00 bits per heavy atom. The van der Waals surface area contributed by atoms with Crippen LogP contribution in [0.4, 0.5) is 5.82 Å². The SMILES string of the molecule is CCNC(=NCc1ccnc(N2CCN(CC)CC2)c1)NCCOCC. The summed E-state index contributed by atoms with van der Waals surface area (Å²) in [4.78, 5) is 14.1. The van der Waals surface area contributed by atoms with E-state index in [9.17, 15) is 0 Å². The second-order valence-corrected chi connectivity index (χ2v) is 6.26. The van der Waals surface area contributed by atoms with Crippen molar-refractivity contribution in [1.29, 1.82) is 0 Å². The molecule has 1 aromatic rings. The lowest BCUT2D eigenvalue weighted by atomic mass is 10.2. The first kappa shape index (κ1) is 20.5. The van der Waals surface area contributed by atoms with Gasteiger partial charge in [-0.15, -0.1) is 0 Å². The van der Waals surface area contributed by atoms with Gasteiger partial charge in [0.15, 0.2) is 5.96 Å². The molecule has 2 N–H and O–H groups in total. The summed E-state index contributed by atoms with van der Waals surface area (Å²) in [6, 6.07) is 4.20. The zero-order valence-electron chi connectivity index (χ0n) is 16.5. The van der Waals surface area contributed by atoms with Crippen molar-refractivity contribution < 1.29 is 4.74 Å². The van der Waals surface area contributed by atoms with Gasteiger partial charge in [-0.2, -0.15) is 0 Å². The molecule has 0 aliphatic carbocycles. The summed E-state index contributed by atoms with van der Waals surface area (Å²) in [6.07, 6.45) is 1.89. The summed E-state index contributed by atoms with van der Waals surface area (Å²) in [6.45, 7) is 15.3. The van der Waals surface area contributed by atoms with Gasteiger partial charge in [-0.05, 0) is 38.1 Å². The Hall–Kier alpha value is -1.86. The summed E-state index contributed by atoms with van der Waals surface area (Å²) in [5, 5.41) is 6.57. The van der Waals surface area contributed by atoms with Crippen LogP contribution in [0.5, 0.6) is 0 Å². The maximum absolute atomic E-state index is 5.36. The Morgan fingerprint density at radius 3 is 2.69 bits per heavy atom. The topological polar surface area (TPSA) is 65.0 Å². The van der Waals surface area contributed by atoms with Gasteiger partial charge >= 0.3 is 0 Å². The highest BCUT2D eigenvalue weighted by atomic mass is 16.5. The zero-order valence-corrected chi connectivity index (χ0v) is 16.5. The third-order valence-corrected chi connectivity index (χ3v) is 4.46. The quantitative estimate of drug-likeness (QED) is 0.392. The molecule has 0 unspecified atom stereocenters. The van der Waals surface area contributed by atoms with Crippen molar-refractivity contribution in [1.82, 2.24) is 20.5 Å². The predicted octanol–water partition coefficient (Wildman–Crippen LogP) is 1.32. The Kier molecular flexibility index (Phi) is 9.20. The maximum Gasteiger partial charge on any atom is 0.191 e. The van der Waals surface area contributed by atoms with E-state index < -0.39 is 0 Å². The van der Waals surface area contributed by atoms with Crippen LogP contribution in [0.2, 0.25) is 0 Å². The van der Waals surface area contributed by atoms with Crippen LogP contribution in [0, 0.1) is 0 Å².